The molecule has 2 aromatic rings. The summed E-state index contributed by atoms with van der Waals surface area (Å²) in [6.07, 6.45) is 2.54. The van der Waals surface area contributed by atoms with Crippen molar-refractivity contribution in [1.82, 2.24) is 9.99 Å². The van der Waals surface area contributed by atoms with Crippen LogP contribution in [0.15, 0.2) is 46.5 Å². The first-order chi connectivity index (χ1) is 12.7. The number of nitrogens with zero attached hydrogens (tertiary/aromatic N) is 3. The van der Waals surface area contributed by atoms with Crippen molar-refractivity contribution in [1.29, 1.82) is 0 Å². The standard InChI is InChI=1S/C20H24N4OS/c1-14-11-18(15(2)24(14)16-7-4-3-5-8-16)19-13-26-20(23-22-19)21-12-17-9-6-10-25-17/h3-5,7-8,11,17H,6,9-10,12-13H2,1-2H3,(H,21,23)/t17-/m1/s1. The van der Waals surface area contributed by atoms with Gasteiger partial charge in [0.2, 0.25) is 0 Å². The topological polar surface area (TPSA) is 50.9 Å². The first-order valence-corrected chi connectivity index (χ1v) is 10.1. The third kappa shape index (κ3) is 3.57. The van der Waals surface area contributed by atoms with Gasteiger partial charge in [0.1, 0.15) is 0 Å². The number of ether oxygens (including phenoxy) is 1. The normalized spacial score (nSPS) is 21.7. The second-order valence-electron chi connectivity index (χ2n) is 6.70. The molecule has 1 saturated heterocycles. The zero-order valence-electron chi connectivity index (χ0n) is 15.2. The van der Waals surface area contributed by atoms with Crippen molar-refractivity contribution in [2.75, 3.05) is 18.9 Å². The van der Waals surface area contributed by atoms with Gasteiger partial charge in [-0.25, -0.2) is 0 Å². The second kappa shape index (κ2) is 7.68. The number of hydrogen-bond acceptors (Lipinski definition) is 4. The number of aryl methyl sites for hydroxylation is 1. The van der Waals surface area contributed by atoms with Crippen LogP contribution in [-0.4, -0.2) is 40.5 Å². The number of nitrogens with one attached hydrogen (secondary N) is 1. The summed E-state index contributed by atoms with van der Waals surface area (Å²) in [4.78, 5) is 4.62. The van der Waals surface area contributed by atoms with E-state index >= 15 is 0 Å². The molecule has 4 rings (SSSR count). The number of amidine groups is 1. The van der Waals surface area contributed by atoms with E-state index in [1.165, 1.54) is 22.6 Å². The fourth-order valence-electron chi connectivity index (χ4n) is 3.54. The highest BCUT2D eigenvalue weighted by atomic mass is 32.2. The van der Waals surface area contributed by atoms with Crippen LogP contribution in [0.4, 0.5) is 0 Å². The molecule has 0 radical (unpaired) electrons. The molecule has 2 aliphatic rings. The molecule has 0 bridgehead atoms. The Bertz CT molecular complexity index is 835. The molecule has 0 spiro atoms. The number of hydrogen-bond donors (Lipinski definition) is 1. The molecule has 3 heterocycles. The third-order valence-electron chi connectivity index (χ3n) is 4.85. The fourth-order valence-corrected chi connectivity index (χ4v) is 4.31. The van der Waals surface area contributed by atoms with E-state index in [2.05, 4.69) is 64.3 Å². The highest BCUT2D eigenvalue weighted by Crippen LogP contribution is 2.24. The summed E-state index contributed by atoms with van der Waals surface area (Å²) in [7, 11) is 0. The maximum absolute atomic E-state index is 5.63. The monoisotopic (exact) mass is 368 g/mol. The number of aliphatic imine (C=N–C) groups is 1. The van der Waals surface area contributed by atoms with Crippen molar-refractivity contribution in [2.45, 2.75) is 32.8 Å². The minimum atomic E-state index is 0.278. The van der Waals surface area contributed by atoms with E-state index in [9.17, 15) is 0 Å². The summed E-state index contributed by atoms with van der Waals surface area (Å²) in [5.41, 5.74) is 9.01. The lowest BCUT2D eigenvalue weighted by Crippen LogP contribution is -2.26. The van der Waals surface area contributed by atoms with Crippen molar-refractivity contribution >= 4 is 22.6 Å². The molecule has 136 valence electrons. The molecule has 0 saturated carbocycles. The highest BCUT2D eigenvalue weighted by Gasteiger charge is 2.20. The van der Waals surface area contributed by atoms with Crippen LogP contribution in [0.5, 0.6) is 0 Å². The molecule has 1 aromatic heterocycles. The molecule has 0 unspecified atom stereocenters. The average molecular weight is 369 g/mol. The van der Waals surface area contributed by atoms with Crippen LogP contribution in [0.3, 0.4) is 0 Å². The van der Waals surface area contributed by atoms with Crippen molar-refractivity contribution in [3.05, 3.63) is 53.3 Å². The Hall–Kier alpha value is -2.05. The number of thioether (sulfide) groups is 1. The second-order valence-corrected chi connectivity index (χ2v) is 7.66. The zero-order chi connectivity index (χ0) is 17.9. The van der Waals surface area contributed by atoms with Gasteiger partial charge in [-0.15, -0.1) is 0 Å². The first-order valence-electron chi connectivity index (χ1n) is 9.08. The lowest BCUT2D eigenvalue weighted by atomic mass is 10.1. The van der Waals surface area contributed by atoms with Crippen LogP contribution in [0.2, 0.25) is 0 Å². The van der Waals surface area contributed by atoms with Crippen molar-refractivity contribution in [3.8, 4) is 5.69 Å². The predicted molar refractivity (Wildman–Crippen MR) is 109 cm³/mol. The van der Waals surface area contributed by atoms with Gasteiger partial charge in [-0.05, 0) is 44.9 Å². The number of aromatic nitrogens is 1. The van der Waals surface area contributed by atoms with E-state index < -0.39 is 0 Å². The van der Waals surface area contributed by atoms with Gasteiger partial charge in [0.05, 0.1) is 18.4 Å². The van der Waals surface area contributed by atoms with Crippen molar-refractivity contribution in [3.63, 3.8) is 0 Å². The van der Waals surface area contributed by atoms with Gasteiger partial charge in [0.15, 0.2) is 5.17 Å². The molecule has 1 fully saturated rings. The number of benzene rings is 1. The molecule has 1 atom stereocenters. The van der Waals surface area contributed by atoms with Gasteiger partial charge in [0, 0.05) is 35.0 Å². The predicted octanol–water partition coefficient (Wildman–Crippen LogP) is 3.67. The van der Waals surface area contributed by atoms with Gasteiger partial charge < -0.3 is 9.30 Å². The maximum Gasteiger partial charge on any atom is 0.177 e. The van der Waals surface area contributed by atoms with E-state index in [0.717, 1.165) is 42.6 Å². The summed E-state index contributed by atoms with van der Waals surface area (Å²) >= 11 is 1.71. The van der Waals surface area contributed by atoms with Gasteiger partial charge in [-0.1, -0.05) is 30.0 Å². The molecule has 1 N–H and O–H groups in total. The Labute approximate surface area is 158 Å². The van der Waals surface area contributed by atoms with Crippen LogP contribution in [-0.2, 0) is 4.74 Å². The highest BCUT2D eigenvalue weighted by molar-refractivity contribution is 8.14. The van der Waals surface area contributed by atoms with Crippen LogP contribution >= 0.6 is 11.8 Å². The fraction of sp³-hybridized carbons (Fsp3) is 0.400. The minimum Gasteiger partial charge on any atom is -0.376 e. The van der Waals surface area contributed by atoms with E-state index in [1.54, 1.807) is 11.8 Å². The van der Waals surface area contributed by atoms with E-state index in [4.69, 9.17) is 4.74 Å². The van der Waals surface area contributed by atoms with Crippen LogP contribution in [0.1, 0.15) is 29.8 Å². The van der Waals surface area contributed by atoms with Gasteiger partial charge >= 0.3 is 0 Å². The molecule has 2 aliphatic heterocycles. The van der Waals surface area contributed by atoms with Crippen molar-refractivity contribution in [2.24, 2.45) is 10.1 Å². The molecular formula is C20H24N4OS. The van der Waals surface area contributed by atoms with Gasteiger partial charge in [-0.2, -0.15) is 5.10 Å². The number of para-hydroxylation sites is 1. The summed E-state index contributed by atoms with van der Waals surface area (Å²) in [5, 5.41) is 5.49. The third-order valence-corrected chi connectivity index (χ3v) is 5.76. The Kier molecular flexibility index (Phi) is 5.13. The molecule has 5 nitrogen and oxygen atoms in total. The smallest absolute Gasteiger partial charge is 0.177 e. The average Bonchev–Trinajstić information content (AvgIpc) is 3.29. The molecule has 1 aromatic carbocycles. The van der Waals surface area contributed by atoms with Crippen LogP contribution in [0.25, 0.3) is 5.69 Å². The Morgan fingerprint density at radius 1 is 1.31 bits per heavy atom. The summed E-state index contributed by atoms with van der Waals surface area (Å²) < 4.78 is 7.91. The lowest BCUT2D eigenvalue weighted by molar-refractivity contribution is 0.118. The summed E-state index contributed by atoms with van der Waals surface area (Å²) in [6, 6.07) is 12.7. The lowest BCUT2D eigenvalue weighted by Gasteiger charge is -2.16. The molecular weight excluding hydrogens is 344 g/mol. The Morgan fingerprint density at radius 3 is 2.85 bits per heavy atom. The minimum absolute atomic E-state index is 0.278. The van der Waals surface area contributed by atoms with E-state index in [0.29, 0.717) is 0 Å². The zero-order valence-corrected chi connectivity index (χ0v) is 16.1. The van der Waals surface area contributed by atoms with Crippen LogP contribution in [0, 0.1) is 13.8 Å². The first kappa shape index (κ1) is 17.4. The Morgan fingerprint density at radius 2 is 2.15 bits per heavy atom. The SMILES string of the molecule is Cc1cc(C2=NNC(=NC[C@H]3CCCO3)SC2)c(C)n1-c1ccccc1. The molecule has 26 heavy (non-hydrogen) atoms. The Balaban J connectivity index is 1.51. The van der Waals surface area contributed by atoms with Gasteiger partial charge in [-0.3, -0.25) is 10.4 Å². The van der Waals surface area contributed by atoms with Crippen molar-refractivity contribution < 1.29 is 4.74 Å². The summed E-state index contributed by atoms with van der Waals surface area (Å²) in [6.45, 7) is 5.89. The van der Waals surface area contributed by atoms with E-state index in [-0.39, 0.29) is 6.10 Å². The number of hydrazone groups is 1. The largest absolute Gasteiger partial charge is 0.376 e. The van der Waals surface area contributed by atoms with Gasteiger partial charge in [0.25, 0.3) is 0 Å². The molecule has 0 amide bonds. The molecule has 6 heteroatoms. The number of rotatable bonds is 4. The summed E-state index contributed by atoms with van der Waals surface area (Å²) in [5.74, 6) is 0.830. The maximum atomic E-state index is 5.63. The molecule has 0 aliphatic carbocycles. The van der Waals surface area contributed by atoms with E-state index in [1.807, 2.05) is 6.07 Å². The van der Waals surface area contributed by atoms with Crippen LogP contribution < -0.4 is 5.43 Å². The quantitative estimate of drug-likeness (QED) is 0.896.